The van der Waals surface area contributed by atoms with Gasteiger partial charge in [-0.25, -0.2) is 4.98 Å². The molecule has 0 bridgehead atoms. The molecule has 2 aromatic heterocycles. The molecule has 0 saturated carbocycles. The number of thiophene rings is 1. The summed E-state index contributed by atoms with van der Waals surface area (Å²) in [5.74, 6) is 0.560. The van der Waals surface area contributed by atoms with Crippen LogP contribution in [0.25, 0.3) is 0 Å². The van der Waals surface area contributed by atoms with Crippen LogP contribution in [0.1, 0.15) is 33.0 Å². The Morgan fingerprint density at radius 2 is 2.16 bits per heavy atom. The number of aromatic nitrogens is 1. The van der Waals surface area contributed by atoms with Crippen LogP contribution in [0.5, 0.6) is 0 Å². The van der Waals surface area contributed by atoms with Crippen molar-refractivity contribution in [2.24, 2.45) is 0 Å². The second-order valence-electron chi connectivity index (χ2n) is 4.58. The Labute approximate surface area is 129 Å². The van der Waals surface area contributed by atoms with Gasteiger partial charge >= 0.3 is 0 Å². The predicted molar refractivity (Wildman–Crippen MR) is 85.9 cm³/mol. The van der Waals surface area contributed by atoms with Gasteiger partial charge in [0.05, 0.1) is 4.88 Å². The van der Waals surface area contributed by atoms with E-state index >= 15 is 0 Å². The van der Waals surface area contributed by atoms with Crippen molar-refractivity contribution in [3.05, 3.63) is 43.3 Å². The van der Waals surface area contributed by atoms with Gasteiger partial charge in [-0.15, -0.1) is 11.3 Å². The van der Waals surface area contributed by atoms with Gasteiger partial charge in [0.1, 0.15) is 5.82 Å². The number of nitrogens with zero attached hydrogens (tertiary/aromatic N) is 1. The first-order valence-electron chi connectivity index (χ1n) is 6.27. The van der Waals surface area contributed by atoms with E-state index in [1.165, 1.54) is 23.3 Å². The van der Waals surface area contributed by atoms with Crippen molar-refractivity contribution in [2.75, 3.05) is 5.32 Å². The van der Waals surface area contributed by atoms with E-state index in [1.807, 2.05) is 18.2 Å². The maximum Gasteiger partial charge on any atom is 0.266 e. The van der Waals surface area contributed by atoms with Crippen LogP contribution in [-0.4, -0.2) is 10.9 Å². The highest BCUT2D eigenvalue weighted by atomic mass is 127. The van der Waals surface area contributed by atoms with Crippen molar-refractivity contribution >= 4 is 45.7 Å². The van der Waals surface area contributed by atoms with Gasteiger partial charge in [-0.05, 0) is 72.0 Å². The van der Waals surface area contributed by atoms with E-state index in [2.05, 4.69) is 32.9 Å². The first kappa shape index (κ1) is 13.1. The number of rotatable bonds is 2. The molecule has 0 unspecified atom stereocenters. The van der Waals surface area contributed by atoms with Crippen molar-refractivity contribution in [1.82, 2.24) is 4.98 Å². The lowest BCUT2D eigenvalue weighted by molar-refractivity contribution is 0.103. The minimum atomic E-state index is -0.0480. The number of carbonyl (C=O) groups excluding carboxylic acids is 1. The molecule has 0 saturated heterocycles. The summed E-state index contributed by atoms with van der Waals surface area (Å²) in [6.45, 7) is 0. The van der Waals surface area contributed by atoms with Crippen LogP contribution in [0.4, 0.5) is 5.82 Å². The van der Waals surface area contributed by atoms with Gasteiger partial charge in [0.2, 0.25) is 0 Å². The Kier molecular flexibility index (Phi) is 3.83. The van der Waals surface area contributed by atoms with E-state index in [4.69, 9.17) is 0 Å². The lowest BCUT2D eigenvalue weighted by Crippen LogP contribution is -2.11. The first-order chi connectivity index (χ1) is 9.22. The number of nitrogens with one attached hydrogen (secondary N) is 1. The molecule has 98 valence electrons. The molecule has 2 aromatic rings. The Bertz CT molecular complexity index is 583. The summed E-state index contributed by atoms with van der Waals surface area (Å²) in [5, 5.41) is 2.85. The molecule has 0 aromatic carbocycles. The van der Waals surface area contributed by atoms with Crippen molar-refractivity contribution < 1.29 is 4.79 Å². The summed E-state index contributed by atoms with van der Waals surface area (Å²) >= 11 is 3.82. The van der Waals surface area contributed by atoms with Crippen molar-refractivity contribution in [2.45, 2.75) is 25.7 Å². The highest BCUT2D eigenvalue weighted by Gasteiger charge is 2.17. The molecular weight excluding hydrogens is 371 g/mol. The summed E-state index contributed by atoms with van der Waals surface area (Å²) in [4.78, 5) is 18.5. The smallest absolute Gasteiger partial charge is 0.266 e. The molecule has 0 spiro atoms. The standard InChI is InChI=1S/C14H13IN2OS/c15-10-5-6-13(16-8-10)17-14(18)12-7-9-3-1-2-4-11(9)19-12/h5-8H,1-4H2,(H,16,17,18). The minimum Gasteiger partial charge on any atom is -0.306 e. The maximum atomic E-state index is 12.2. The Balaban J connectivity index is 1.76. The summed E-state index contributed by atoms with van der Waals surface area (Å²) in [7, 11) is 0. The highest BCUT2D eigenvalue weighted by molar-refractivity contribution is 14.1. The Hall–Kier alpha value is -0.950. The third-order valence-corrected chi connectivity index (χ3v) is 5.06. The van der Waals surface area contributed by atoms with E-state index in [0.717, 1.165) is 21.3 Å². The number of hydrogen-bond acceptors (Lipinski definition) is 3. The van der Waals surface area contributed by atoms with Crippen LogP contribution in [0.3, 0.4) is 0 Å². The second-order valence-corrected chi connectivity index (χ2v) is 6.96. The van der Waals surface area contributed by atoms with Gasteiger partial charge in [-0.1, -0.05) is 0 Å². The van der Waals surface area contributed by atoms with Gasteiger partial charge in [0, 0.05) is 14.6 Å². The zero-order valence-corrected chi connectivity index (χ0v) is 13.3. The topological polar surface area (TPSA) is 42.0 Å². The van der Waals surface area contributed by atoms with E-state index in [9.17, 15) is 4.79 Å². The molecule has 1 N–H and O–H groups in total. The molecule has 0 radical (unpaired) electrons. The quantitative estimate of drug-likeness (QED) is 0.799. The van der Waals surface area contributed by atoms with Gasteiger partial charge < -0.3 is 5.32 Å². The summed E-state index contributed by atoms with van der Waals surface area (Å²) in [6.07, 6.45) is 6.46. The summed E-state index contributed by atoms with van der Waals surface area (Å²) in [5.41, 5.74) is 1.36. The molecule has 3 nitrogen and oxygen atoms in total. The SMILES string of the molecule is O=C(Nc1ccc(I)cn1)c1cc2c(s1)CCCC2. The van der Waals surface area contributed by atoms with Gasteiger partial charge in [-0.2, -0.15) is 0 Å². The van der Waals surface area contributed by atoms with Crippen LogP contribution >= 0.6 is 33.9 Å². The van der Waals surface area contributed by atoms with E-state index < -0.39 is 0 Å². The zero-order chi connectivity index (χ0) is 13.2. The first-order valence-corrected chi connectivity index (χ1v) is 8.16. The van der Waals surface area contributed by atoms with Crippen LogP contribution in [0.2, 0.25) is 0 Å². The number of anilines is 1. The minimum absolute atomic E-state index is 0.0480. The third-order valence-electron chi connectivity index (χ3n) is 3.19. The second kappa shape index (κ2) is 5.58. The normalized spacial score (nSPS) is 13.9. The maximum absolute atomic E-state index is 12.2. The van der Waals surface area contributed by atoms with Crippen LogP contribution < -0.4 is 5.32 Å². The average molecular weight is 384 g/mol. The number of aryl methyl sites for hydroxylation is 2. The molecule has 0 atom stereocenters. The van der Waals surface area contributed by atoms with E-state index in [0.29, 0.717) is 5.82 Å². The van der Waals surface area contributed by atoms with Crippen molar-refractivity contribution in [3.63, 3.8) is 0 Å². The Morgan fingerprint density at radius 1 is 1.32 bits per heavy atom. The van der Waals surface area contributed by atoms with Crippen LogP contribution in [0.15, 0.2) is 24.4 Å². The molecule has 0 aliphatic heterocycles. The number of amides is 1. The molecule has 1 aliphatic rings. The van der Waals surface area contributed by atoms with Gasteiger partial charge in [0.25, 0.3) is 5.91 Å². The number of hydrogen-bond donors (Lipinski definition) is 1. The molecule has 1 aliphatic carbocycles. The van der Waals surface area contributed by atoms with E-state index in [-0.39, 0.29) is 5.91 Å². The molecular formula is C14H13IN2OS. The molecule has 3 rings (SSSR count). The number of fused-ring (bicyclic) bond motifs is 1. The van der Waals surface area contributed by atoms with Gasteiger partial charge in [0.15, 0.2) is 0 Å². The largest absolute Gasteiger partial charge is 0.306 e. The predicted octanol–water partition coefficient (Wildman–Crippen LogP) is 3.88. The molecule has 0 fully saturated rings. The fourth-order valence-corrected chi connectivity index (χ4v) is 3.70. The van der Waals surface area contributed by atoms with E-state index in [1.54, 1.807) is 17.5 Å². The molecule has 2 heterocycles. The summed E-state index contributed by atoms with van der Waals surface area (Å²) < 4.78 is 1.06. The van der Waals surface area contributed by atoms with Crippen LogP contribution in [-0.2, 0) is 12.8 Å². The fourth-order valence-electron chi connectivity index (χ4n) is 2.23. The van der Waals surface area contributed by atoms with Crippen LogP contribution in [0, 0.1) is 3.57 Å². The van der Waals surface area contributed by atoms with Crippen molar-refractivity contribution in [3.8, 4) is 0 Å². The summed E-state index contributed by atoms with van der Waals surface area (Å²) in [6, 6.07) is 5.80. The average Bonchev–Trinajstić information content (AvgIpc) is 2.85. The number of halogens is 1. The molecule has 5 heteroatoms. The highest BCUT2D eigenvalue weighted by Crippen LogP contribution is 2.29. The number of pyridine rings is 1. The Morgan fingerprint density at radius 3 is 2.89 bits per heavy atom. The monoisotopic (exact) mass is 384 g/mol. The number of carbonyl (C=O) groups is 1. The molecule has 19 heavy (non-hydrogen) atoms. The zero-order valence-electron chi connectivity index (χ0n) is 10.3. The van der Waals surface area contributed by atoms with Gasteiger partial charge in [-0.3, -0.25) is 4.79 Å². The third kappa shape index (κ3) is 2.97. The molecule has 1 amide bonds. The fraction of sp³-hybridized carbons (Fsp3) is 0.286. The lowest BCUT2D eigenvalue weighted by atomic mass is 9.99. The lowest BCUT2D eigenvalue weighted by Gasteiger charge is -2.08. The van der Waals surface area contributed by atoms with Crippen molar-refractivity contribution in [1.29, 1.82) is 0 Å².